The van der Waals surface area contributed by atoms with Gasteiger partial charge in [-0.05, 0) is 44.2 Å². The van der Waals surface area contributed by atoms with Gasteiger partial charge in [0.15, 0.2) is 5.78 Å². The van der Waals surface area contributed by atoms with Crippen LogP contribution in [0.5, 0.6) is 0 Å². The maximum Gasteiger partial charge on any atom is 0.266 e. The maximum atomic E-state index is 12.8. The van der Waals surface area contributed by atoms with Crippen LogP contribution in [0.25, 0.3) is 0 Å². The Labute approximate surface area is 115 Å². The second kappa shape index (κ2) is 5.77. The van der Waals surface area contributed by atoms with Crippen molar-refractivity contribution in [1.29, 1.82) is 0 Å². The zero-order chi connectivity index (χ0) is 14.7. The van der Waals surface area contributed by atoms with Gasteiger partial charge in [-0.25, -0.2) is 9.07 Å². The van der Waals surface area contributed by atoms with Gasteiger partial charge in [-0.3, -0.25) is 9.59 Å². The summed E-state index contributed by atoms with van der Waals surface area (Å²) in [4.78, 5) is 23.6. The lowest BCUT2D eigenvalue weighted by Crippen LogP contribution is -2.25. The first-order valence-electron chi connectivity index (χ1n) is 6.35. The number of hydrogen-bond donors (Lipinski definition) is 0. The molecule has 104 valence electrons. The fourth-order valence-electron chi connectivity index (χ4n) is 1.83. The van der Waals surface area contributed by atoms with Crippen LogP contribution in [0, 0.1) is 5.82 Å². The molecular weight excluding hydrogens is 259 g/mol. The molecule has 0 fully saturated rings. The average Bonchev–Trinajstić information content (AvgIpc) is 2.41. The van der Waals surface area contributed by atoms with E-state index in [4.69, 9.17) is 0 Å². The van der Waals surface area contributed by atoms with Gasteiger partial charge in [-0.15, -0.1) is 0 Å². The third kappa shape index (κ3) is 3.17. The molecule has 0 aliphatic carbocycles. The van der Waals surface area contributed by atoms with E-state index in [1.54, 1.807) is 6.07 Å². The van der Waals surface area contributed by atoms with Gasteiger partial charge in [0.25, 0.3) is 5.56 Å². The number of ketones is 1. The van der Waals surface area contributed by atoms with Gasteiger partial charge in [0.05, 0.1) is 18.2 Å². The van der Waals surface area contributed by atoms with Gasteiger partial charge in [0.2, 0.25) is 0 Å². The first-order valence-corrected chi connectivity index (χ1v) is 6.35. The largest absolute Gasteiger partial charge is 0.294 e. The van der Waals surface area contributed by atoms with E-state index < -0.39 is 0 Å². The van der Waals surface area contributed by atoms with E-state index in [-0.39, 0.29) is 29.6 Å². The van der Waals surface area contributed by atoms with Crippen LogP contribution in [0.4, 0.5) is 4.39 Å². The smallest absolute Gasteiger partial charge is 0.266 e. The Kier molecular flexibility index (Phi) is 4.08. The molecular formula is C15H15FN2O2. The predicted molar refractivity (Wildman–Crippen MR) is 73.3 cm³/mol. The second-order valence-corrected chi connectivity index (χ2v) is 4.81. The standard InChI is InChI=1S/C15H15FN2O2/c1-10(2)18-15(20)8-7-13(17-18)9-14(19)11-3-5-12(16)6-4-11/h3-8,10H,9H2,1-2H3. The lowest BCUT2D eigenvalue weighted by atomic mass is 10.1. The number of benzene rings is 1. The van der Waals surface area contributed by atoms with Gasteiger partial charge in [0.1, 0.15) is 5.82 Å². The summed E-state index contributed by atoms with van der Waals surface area (Å²) in [5, 5.41) is 4.16. The summed E-state index contributed by atoms with van der Waals surface area (Å²) >= 11 is 0. The lowest BCUT2D eigenvalue weighted by molar-refractivity contribution is 0.0991. The van der Waals surface area contributed by atoms with Crippen LogP contribution in [0.1, 0.15) is 35.9 Å². The van der Waals surface area contributed by atoms with Crippen LogP contribution in [-0.4, -0.2) is 15.6 Å². The fourth-order valence-corrected chi connectivity index (χ4v) is 1.83. The third-order valence-corrected chi connectivity index (χ3v) is 2.88. The van der Waals surface area contributed by atoms with Crippen LogP contribution < -0.4 is 5.56 Å². The van der Waals surface area contributed by atoms with E-state index in [0.717, 1.165) is 0 Å². The van der Waals surface area contributed by atoms with E-state index in [1.165, 1.54) is 35.0 Å². The minimum atomic E-state index is -0.381. The molecule has 2 aromatic rings. The molecule has 0 N–H and O–H groups in total. The van der Waals surface area contributed by atoms with Crippen molar-refractivity contribution in [3.8, 4) is 0 Å². The molecule has 0 bridgehead atoms. The Bertz CT molecular complexity index is 675. The number of rotatable bonds is 4. The Morgan fingerprint density at radius 2 is 1.85 bits per heavy atom. The van der Waals surface area contributed by atoms with Crippen molar-refractivity contribution in [2.45, 2.75) is 26.3 Å². The maximum absolute atomic E-state index is 12.8. The quantitative estimate of drug-likeness (QED) is 0.804. The summed E-state index contributed by atoms with van der Waals surface area (Å²) in [6, 6.07) is 8.25. The highest BCUT2D eigenvalue weighted by Gasteiger charge is 2.10. The van der Waals surface area contributed by atoms with E-state index in [1.807, 2.05) is 13.8 Å². The van der Waals surface area contributed by atoms with E-state index in [2.05, 4.69) is 5.10 Å². The molecule has 2 rings (SSSR count). The van der Waals surface area contributed by atoms with Gasteiger partial charge >= 0.3 is 0 Å². The predicted octanol–water partition coefficient (Wildman–Crippen LogP) is 2.39. The normalized spacial score (nSPS) is 10.8. The number of Topliss-reactive ketones (excluding diaryl/α,β-unsaturated/α-hetero) is 1. The summed E-state index contributed by atoms with van der Waals surface area (Å²) in [6.45, 7) is 3.69. The van der Waals surface area contributed by atoms with Crippen LogP contribution in [0.3, 0.4) is 0 Å². The van der Waals surface area contributed by atoms with Crippen molar-refractivity contribution in [3.05, 3.63) is 63.8 Å². The lowest BCUT2D eigenvalue weighted by Gasteiger charge is -2.09. The second-order valence-electron chi connectivity index (χ2n) is 4.81. The summed E-state index contributed by atoms with van der Waals surface area (Å²) in [5.41, 5.74) is 0.751. The zero-order valence-corrected chi connectivity index (χ0v) is 11.3. The van der Waals surface area contributed by atoms with Crippen molar-refractivity contribution in [2.75, 3.05) is 0 Å². The summed E-state index contributed by atoms with van der Waals surface area (Å²) in [7, 11) is 0. The highest BCUT2D eigenvalue weighted by molar-refractivity contribution is 5.97. The molecule has 5 heteroatoms. The van der Waals surface area contributed by atoms with Crippen molar-refractivity contribution < 1.29 is 9.18 Å². The topological polar surface area (TPSA) is 52.0 Å². The SMILES string of the molecule is CC(C)n1nc(CC(=O)c2ccc(F)cc2)ccc1=O. The molecule has 0 radical (unpaired) electrons. The molecule has 0 amide bonds. The van der Waals surface area contributed by atoms with Crippen LogP contribution >= 0.6 is 0 Å². The molecule has 0 atom stereocenters. The van der Waals surface area contributed by atoms with E-state index in [0.29, 0.717) is 11.3 Å². The fraction of sp³-hybridized carbons (Fsp3) is 0.267. The van der Waals surface area contributed by atoms with Gasteiger partial charge in [-0.1, -0.05) is 0 Å². The van der Waals surface area contributed by atoms with E-state index >= 15 is 0 Å². The molecule has 0 aliphatic rings. The molecule has 1 aromatic carbocycles. The van der Waals surface area contributed by atoms with Crippen molar-refractivity contribution in [3.63, 3.8) is 0 Å². The minimum Gasteiger partial charge on any atom is -0.294 e. The Morgan fingerprint density at radius 1 is 1.20 bits per heavy atom. The summed E-state index contributed by atoms with van der Waals surface area (Å²) in [6.07, 6.45) is 0.0820. The first kappa shape index (κ1) is 14.1. The zero-order valence-electron chi connectivity index (χ0n) is 11.3. The molecule has 0 saturated heterocycles. The first-order chi connectivity index (χ1) is 9.47. The van der Waals surface area contributed by atoms with Crippen LogP contribution in [-0.2, 0) is 6.42 Å². The van der Waals surface area contributed by atoms with Crippen LogP contribution in [0.2, 0.25) is 0 Å². The molecule has 1 aromatic heterocycles. The highest BCUT2D eigenvalue weighted by atomic mass is 19.1. The van der Waals surface area contributed by atoms with Gasteiger partial charge in [-0.2, -0.15) is 5.10 Å². The van der Waals surface area contributed by atoms with Gasteiger partial charge in [0, 0.05) is 11.6 Å². The molecule has 0 spiro atoms. The van der Waals surface area contributed by atoms with Crippen molar-refractivity contribution in [1.82, 2.24) is 9.78 Å². The number of hydrogen-bond acceptors (Lipinski definition) is 3. The molecule has 0 saturated carbocycles. The van der Waals surface area contributed by atoms with Crippen molar-refractivity contribution >= 4 is 5.78 Å². The monoisotopic (exact) mass is 274 g/mol. The average molecular weight is 274 g/mol. The number of carbonyl (C=O) groups is 1. The molecule has 20 heavy (non-hydrogen) atoms. The molecule has 1 heterocycles. The minimum absolute atomic E-state index is 0.0663. The Morgan fingerprint density at radius 3 is 2.45 bits per heavy atom. The molecule has 0 aliphatic heterocycles. The number of nitrogens with zero attached hydrogens (tertiary/aromatic N) is 2. The third-order valence-electron chi connectivity index (χ3n) is 2.88. The van der Waals surface area contributed by atoms with Crippen molar-refractivity contribution in [2.24, 2.45) is 0 Å². The Balaban J connectivity index is 2.22. The summed E-state index contributed by atoms with van der Waals surface area (Å²) < 4.78 is 14.1. The van der Waals surface area contributed by atoms with Crippen LogP contribution in [0.15, 0.2) is 41.2 Å². The number of aromatic nitrogens is 2. The van der Waals surface area contributed by atoms with Gasteiger partial charge < -0.3 is 0 Å². The molecule has 0 unspecified atom stereocenters. The highest BCUT2D eigenvalue weighted by Crippen LogP contribution is 2.07. The summed E-state index contributed by atoms with van der Waals surface area (Å²) in [5.74, 6) is -0.542. The van der Waals surface area contributed by atoms with E-state index in [9.17, 15) is 14.0 Å². The Hall–Kier alpha value is -2.30. The number of carbonyl (C=O) groups excluding carboxylic acids is 1. The molecule has 4 nitrogen and oxygen atoms in total. The number of halogens is 1.